The molecule has 2 rings (SSSR count). The van der Waals surface area contributed by atoms with Crippen molar-refractivity contribution in [1.29, 1.82) is 0 Å². The first-order valence-electron chi connectivity index (χ1n) is 4.96. The van der Waals surface area contributed by atoms with Gasteiger partial charge in [0.2, 0.25) is 0 Å². The van der Waals surface area contributed by atoms with E-state index in [9.17, 15) is 9.60 Å². The van der Waals surface area contributed by atoms with Crippen molar-refractivity contribution >= 4 is 5.82 Å². The Kier molecular flexibility index (Phi) is 2.67. The van der Waals surface area contributed by atoms with Crippen LogP contribution in [-0.2, 0) is 0 Å². The van der Waals surface area contributed by atoms with Crippen molar-refractivity contribution in [3.63, 3.8) is 0 Å². The van der Waals surface area contributed by atoms with Gasteiger partial charge in [-0.15, -0.1) is 0 Å². The van der Waals surface area contributed by atoms with E-state index in [1.807, 2.05) is 0 Å². The highest BCUT2D eigenvalue weighted by Crippen LogP contribution is 2.25. The molecule has 0 atom stereocenters. The van der Waals surface area contributed by atoms with Crippen LogP contribution in [0, 0.1) is 5.82 Å². The predicted octanol–water partition coefficient (Wildman–Crippen LogP) is 2.08. The van der Waals surface area contributed by atoms with Crippen LogP contribution in [-0.4, -0.2) is 21.4 Å². The number of anilines is 1. The average molecular weight is 199 g/mol. The van der Waals surface area contributed by atoms with E-state index in [0.29, 0.717) is 0 Å². The molecule has 14 heavy (non-hydrogen) atoms. The number of aromatic amines is 1. The zero-order valence-electron chi connectivity index (χ0n) is 7.91. The summed E-state index contributed by atoms with van der Waals surface area (Å²) in [4.78, 5) is 0. The normalized spacial score (nSPS) is 18.4. The van der Waals surface area contributed by atoms with E-state index >= 15 is 0 Å². The molecule has 1 heterocycles. The SMILES string of the molecule is ON(c1[nH]ncc1F)C1CCCCC1. The number of halogens is 1. The van der Waals surface area contributed by atoms with E-state index in [1.165, 1.54) is 6.42 Å². The van der Waals surface area contributed by atoms with E-state index in [1.54, 1.807) is 0 Å². The van der Waals surface area contributed by atoms with Crippen molar-refractivity contribution in [2.75, 3.05) is 5.06 Å². The summed E-state index contributed by atoms with van der Waals surface area (Å²) in [5.74, 6) is -0.421. The largest absolute Gasteiger partial charge is 0.287 e. The Bertz CT molecular complexity index is 296. The number of hydroxylamine groups is 1. The molecule has 4 nitrogen and oxygen atoms in total. The fourth-order valence-electron chi connectivity index (χ4n) is 1.93. The molecule has 1 aromatic rings. The first-order valence-corrected chi connectivity index (χ1v) is 4.96. The zero-order valence-corrected chi connectivity index (χ0v) is 7.91. The number of hydrogen-bond acceptors (Lipinski definition) is 3. The van der Waals surface area contributed by atoms with Gasteiger partial charge in [0.25, 0.3) is 0 Å². The molecule has 0 saturated heterocycles. The average Bonchev–Trinajstić information content (AvgIpc) is 2.65. The smallest absolute Gasteiger partial charge is 0.187 e. The van der Waals surface area contributed by atoms with Crippen LogP contribution in [0.5, 0.6) is 0 Å². The number of aromatic nitrogens is 2. The molecular weight excluding hydrogens is 185 g/mol. The summed E-state index contributed by atoms with van der Waals surface area (Å²) in [7, 11) is 0. The Morgan fingerprint density at radius 3 is 2.71 bits per heavy atom. The second-order valence-electron chi connectivity index (χ2n) is 3.70. The monoisotopic (exact) mass is 199 g/mol. The van der Waals surface area contributed by atoms with E-state index in [2.05, 4.69) is 10.2 Å². The number of rotatable bonds is 2. The van der Waals surface area contributed by atoms with Gasteiger partial charge in [-0.2, -0.15) is 5.10 Å². The summed E-state index contributed by atoms with van der Waals surface area (Å²) in [5, 5.41) is 16.7. The minimum Gasteiger partial charge on any atom is -0.287 e. The second kappa shape index (κ2) is 3.96. The van der Waals surface area contributed by atoms with Crippen LogP contribution in [0.1, 0.15) is 32.1 Å². The third-order valence-corrected chi connectivity index (χ3v) is 2.72. The summed E-state index contributed by atoms with van der Waals surface area (Å²) < 4.78 is 13.1. The lowest BCUT2D eigenvalue weighted by molar-refractivity contribution is 0.184. The molecule has 1 aliphatic rings. The van der Waals surface area contributed by atoms with E-state index < -0.39 is 5.82 Å². The summed E-state index contributed by atoms with van der Waals surface area (Å²) >= 11 is 0. The Hall–Kier alpha value is -1.10. The van der Waals surface area contributed by atoms with Gasteiger partial charge in [0, 0.05) is 0 Å². The molecule has 1 fully saturated rings. The van der Waals surface area contributed by atoms with Gasteiger partial charge in [0.1, 0.15) is 0 Å². The van der Waals surface area contributed by atoms with Gasteiger partial charge in [0.15, 0.2) is 11.6 Å². The van der Waals surface area contributed by atoms with E-state index in [0.717, 1.165) is 36.9 Å². The fraction of sp³-hybridized carbons (Fsp3) is 0.667. The van der Waals surface area contributed by atoms with Crippen LogP contribution in [0.4, 0.5) is 10.2 Å². The maximum atomic E-state index is 13.1. The molecule has 0 unspecified atom stereocenters. The number of H-pyrrole nitrogens is 1. The molecule has 0 aliphatic heterocycles. The molecular formula is C9H14FN3O. The zero-order chi connectivity index (χ0) is 9.97. The summed E-state index contributed by atoms with van der Waals surface area (Å²) in [5.41, 5.74) is 0. The van der Waals surface area contributed by atoms with Gasteiger partial charge in [-0.05, 0) is 12.8 Å². The first-order chi connectivity index (χ1) is 6.79. The molecule has 5 heteroatoms. The molecule has 0 radical (unpaired) electrons. The van der Waals surface area contributed by atoms with Gasteiger partial charge in [-0.1, -0.05) is 19.3 Å². The quantitative estimate of drug-likeness (QED) is 0.717. The molecule has 1 saturated carbocycles. The molecule has 1 aromatic heterocycles. The van der Waals surface area contributed by atoms with Gasteiger partial charge in [-0.3, -0.25) is 10.3 Å². The van der Waals surface area contributed by atoms with E-state index in [-0.39, 0.29) is 11.9 Å². The summed E-state index contributed by atoms with van der Waals surface area (Å²) in [6.07, 6.45) is 6.29. The Morgan fingerprint density at radius 2 is 2.14 bits per heavy atom. The predicted molar refractivity (Wildman–Crippen MR) is 49.7 cm³/mol. The molecule has 2 N–H and O–H groups in total. The molecule has 78 valence electrons. The lowest BCUT2D eigenvalue weighted by Gasteiger charge is -2.29. The first kappa shape index (κ1) is 9.45. The summed E-state index contributed by atoms with van der Waals surface area (Å²) in [6, 6.07) is 0.0266. The van der Waals surface area contributed by atoms with Crippen molar-refractivity contribution in [2.45, 2.75) is 38.1 Å². The maximum absolute atomic E-state index is 13.1. The van der Waals surface area contributed by atoms with Crippen molar-refractivity contribution in [3.8, 4) is 0 Å². The molecule has 0 spiro atoms. The Balaban J connectivity index is 2.07. The van der Waals surface area contributed by atoms with Crippen molar-refractivity contribution in [3.05, 3.63) is 12.0 Å². The fourth-order valence-corrected chi connectivity index (χ4v) is 1.93. The third kappa shape index (κ3) is 1.72. The van der Waals surface area contributed by atoms with Crippen LogP contribution in [0.15, 0.2) is 6.20 Å². The highest BCUT2D eigenvalue weighted by atomic mass is 19.1. The minimum atomic E-state index is -0.502. The number of nitrogens with zero attached hydrogens (tertiary/aromatic N) is 2. The third-order valence-electron chi connectivity index (χ3n) is 2.72. The summed E-state index contributed by atoms with van der Waals surface area (Å²) in [6.45, 7) is 0. The van der Waals surface area contributed by atoms with Gasteiger partial charge < -0.3 is 0 Å². The number of nitrogens with one attached hydrogen (secondary N) is 1. The van der Waals surface area contributed by atoms with Crippen LogP contribution >= 0.6 is 0 Å². The van der Waals surface area contributed by atoms with Crippen LogP contribution in [0.3, 0.4) is 0 Å². The van der Waals surface area contributed by atoms with Crippen LogP contribution < -0.4 is 5.06 Å². The molecule has 0 amide bonds. The topological polar surface area (TPSA) is 52.1 Å². The molecule has 1 aliphatic carbocycles. The van der Waals surface area contributed by atoms with Crippen molar-refractivity contribution < 1.29 is 9.60 Å². The maximum Gasteiger partial charge on any atom is 0.187 e. The van der Waals surface area contributed by atoms with Gasteiger partial charge in [0.05, 0.1) is 12.2 Å². The van der Waals surface area contributed by atoms with E-state index in [4.69, 9.17) is 0 Å². The standard InChI is InChI=1S/C9H14FN3O/c10-8-6-11-12-9(8)13(14)7-4-2-1-3-5-7/h6-7,14H,1-5H2,(H,11,12). The Morgan fingerprint density at radius 1 is 1.43 bits per heavy atom. The van der Waals surface area contributed by atoms with Crippen molar-refractivity contribution in [1.82, 2.24) is 10.2 Å². The Labute approximate surface area is 81.7 Å². The molecule has 0 aromatic carbocycles. The van der Waals surface area contributed by atoms with Gasteiger partial charge >= 0.3 is 0 Å². The second-order valence-corrected chi connectivity index (χ2v) is 3.70. The molecule has 0 bridgehead atoms. The van der Waals surface area contributed by atoms with Gasteiger partial charge in [-0.25, -0.2) is 9.45 Å². The van der Waals surface area contributed by atoms with Crippen LogP contribution in [0.25, 0.3) is 0 Å². The minimum absolute atomic E-state index is 0.0266. The lowest BCUT2D eigenvalue weighted by Crippen LogP contribution is -2.34. The highest BCUT2D eigenvalue weighted by molar-refractivity contribution is 5.35. The number of hydrogen-bond donors (Lipinski definition) is 2. The highest BCUT2D eigenvalue weighted by Gasteiger charge is 2.23. The lowest BCUT2D eigenvalue weighted by atomic mass is 9.95. The van der Waals surface area contributed by atoms with Crippen LogP contribution in [0.2, 0.25) is 0 Å². The van der Waals surface area contributed by atoms with Crippen molar-refractivity contribution in [2.24, 2.45) is 0 Å².